The molecule has 2 rings (SSSR count). The molecule has 1 aliphatic carbocycles. The summed E-state index contributed by atoms with van der Waals surface area (Å²) in [6, 6.07) is 7.97. The molecule has 1 aliphatic rings. The number of halogens is 1. The van der Waals surface area contributed by atoms with Crippen molar-refractivity contribution in [2.24, 2.45) is 0 Å². The molecule has 0 bridgehead atoms. The van der Waals surface area contributed by atoms with Crippen molar-refractivity contribution in [1.82, 2.24) is 0 Å². The Morgan fingerprint density at radius 3 is 2.39 bits per heavy atom. The highest BCUT2D eigenvalue weighted by molar-refractivity contribution is 7.95. The van der Waals surface area contributed by atoms with E-state index in [1.165, 1.54) is 12.1 Å². The van der Waals surface area contributed by atoms with E-state index in [0.717, 1.165) is 12.8 Å². The van der Waals surface area contributed by atoms with Gasteiger partial charge in [-0.3, -0.25) is 4.79 Å². The first-order chi connectivity index (χ1) is 8.48. The Hall–Kier alpha value is -0.870. The topological polar surface area (TPSA) is 51.2 Å². The van der Waals surface area contributed by atoms with Gasteiger partial charge in [-0.15, -0.1) is 0 Å². The van der Waals surface area contributed by atoms with E-state index in [1.54, 1.807) is 18.2 Å². The van der Waals surface area contributed by atoms with Crippen LogP contribution < -0.4 is 0 Å². The molecule has 1 atom stereocenters. The maximum absolute atomic E-state index is 12.5. The molecular weight excluding hydrogens is 272 g/mol. The molecule has 0 aliphatic heterocycles. The van der Waals surface area contributed by atoms with E-state index in [1.807, 2.05) is 0 Å². The van der Waals surface area contributed by atoms with Gasteiger partial charge in [0.2, 0.25) is 14.0 Å². The highest BCUT2D eigenvalue weighted by Gasteiger charge is 2.49. The predicted molar refractivity (Wildman–Crippen MR) is 70.3 cm³/mol. The van der Waals surface area contributed by atoms with Gasteiger partial charge in [-0.05, 0) is 25.0 Å². The van der Waals surface area contributed by atoms with Crippen molar-refractivity contribution in [2.45, 2.75) is 41.2 Å². The molecule has 0 aromatic heterocycles. The summed E-state index contributed by atoms with van der Waals surface area (Å²) in [4.78, 5) is 12.2. The molecule has 0 heterocycles. The number of benzene rings is 1. The van der Waals surface area contributed by atoms with E-state index in [0.29, 0.717) is 6.42 Å². The monoisotopic (exact) mass is 286 g/mol. The summed E-state index contributed by atoms with van der Waals surface area (Å²) < 4.78 is 23.3. The third kappa shape index (κ3) is 2.19. The van der Waals surface area contributed by atoms with Crippen LogP contribution in [0.2, 0.25) is 0 Å². The second kappa shape index (κ2) is 5.02. The van der Waals surface area contributed by atoms with Gasteiger partial charge in [0.1, 0.15) is 0 Å². The van der Waals surface area contributed by atoms with Gasteiger partial charge < -0.3 is 0 Å². The van der Waals surface area contributed by atoms with Gasteiger partial charge >= 0.3 is 0 Å². The average molecular weight is 287 g/mol. The fourth-order valence-corrected chi connectivity index (χ4v) is 4.41. The predicted octanol–water partition coefficient (Wildman–Crippen LogP) is 2.93. The van der Waals surface area contributed by atoms with Gasteiger partial charge in [0.05, 0.1) is 4.90 Å². The van der Waals surface area contributed by atoms with Gasteiger partial charge in [-0.2, -0.15) is 0 Å². The van der Waals surface area contributed by atoms with Crippen molar-refractivity contribution in [3.8, 4) is 0 Å². The molecule has 1 unspecified atom stereocenters. The van der Waals surface area contributed by atoms with Crippen LogP contribution in [0.15, 0.2) is 35.2 Å². The molecule has 0 N–H and O–H groups in total. The van der Waals surface area contributed by atoms with Crippen molar-refractivity contribution < 1.29 is 13.2 Å². The van der Waals surface area contributed by atoms with Gasteiger partial charge in [-0.25, -0.2) is 8.42 Å². The Kier molecular flexibility index (Phi) is 3.78. The minimum atomic E-state index is -3.82. The van der Waals surface area contributed by atoms with Crippen LogP contribution in [0.5, 0.6) is 0 Å². The van der Waals surface area contributed by atoms with Gasteiger partial charge in [0, 0.05) is 6.42 Å². The summed E-state index contributed by atoms with van der Waals surface area (Å²) in [5.41, 5.74) is 0. The normalized spacial score (nSPS) is 25.7. The second-order valence-electron chi connectivity index (χ2n) is 4.53. The average Bonchev–Trinajstić information content (AvgIpc) is 2.54. The number of sulfone groups is 1. The number of Topliss-reactive ketones (excluding diaryl/α,β-unsaturated/α-hetero) is 1. The lowest BCUT2D eigenvalue weighted by Gasteiger charge is -2.23. The van der Waals surface area contributed by atoms with Crippen LogP contribution in [0, 0.1) is 0 Å². The zero-order chi connectivity index (χ0) is 13.2. The van der Waals surface area contributed by atoms with E-state index in [2.05, 4.69) is 0 Å². The van der Waals surface area contributed by atoms with Gasteiger partial charge in [-0.1, -0.05) is 42.6 Å². The number of carbonyl (C=O) groups is 1. The third-order valence-corrected chi connectivity index (χ3v) is 6.48. The zero-order valence-corrected chi connectivity index (χ0v) is 11.5. The fourth-order valence-electron chi connectivity index (χ4n) is 2.21. The lowest BCUT2D eigenvalue weighted by molar-refractivity contribution is -0.119. The molecule has 5 heteroatoms. The number of rotatable bonds is 2. The van der Waals surface area contributed by atoms with Crippen LogP contribution >= 0.6 is 11.6 Å². The van der Waals surface area contributed by atoms with Gasteiger partial charge in [0.25, 0.3) is 0 Å². The number of hydrogen-bond acceptors (Lipinski definition) is 3. The molecule has 18 heavy (non-hydrogen) atoms. The second-order valence-corrected chi connectivity index (χ2v) is 7.57. The number of ketones is 1. The van der Waals surface area contributed by atoms with Crippen molar-refractivity contribution in [1.29, 1.82) is 0 Å². The van der Waals surface area contributed by atoms with Crippen molar-refractivity contribution in [2.75, 3.05) is 0 Å². The summed E-state index contributed by atoms with van der Waals surface area (Å²) in [7, 11) is -3.82. The standard InChI is InChI=1S/C13H15ClO3S/c14-13(10-6-2-5-9-12(13)15)18(16,17)11-7-3-1-4-8-11/h1,3-4,7-8H,2,5-6,9-10H2. The molecule has 0 spiro atoms. The Morgan fingerprint density at radius 2 is 1.72 bits per heavy atom. The van der Waals surface area contributed by atoms with Crippen molar-refractivity contribution >= 4 is 27.2 Å². The number of alkyl halides is 1. The maximum atomic E-state index is 12.5. The zero-order valence-electron chi connectivity index (χ0n) is 9.93. The van der Waals surface area contributed by atoms with E-state index in [4.69, 9.17) is 11.6 Å². The van der Waals surface area contributed by atoms with Crippen LogP contribution in [0.25, 0.3) is 0 Å². The summed E-state index contributed by atoms with van der Waals surface area (Å²) in [5, 5.41) is 0. The van der Waals surface area contributed by atoms with E-state index in [-0.39, 0.29) is 23.5 Å². The van der Waals surface area contributed by atoms with Crippen LogP contribution in [0.4, 0.5) is 0 Å². The van der Waals surface area contributed by atoms with E-state index in [9.17, 15) is 13.2 Å². The smallest absolute Gasteiger partial charge is 0.207 e. The Balaban J connectivity index is 2.48. The molecule has 1 saturated carbocycles. The third-order valence-electron chi connectivity index (χ3n) is 3.30. The molecule has 1 aromatic rings. The molecule has 98 valence electrons. The molecular formula is C13H15ClO3S. The SMILES string of the molecule is O=C1CCCCCC1(Cl)S(=O)(=O)c1ccccc1. The molecule has 3 nitrogen and oxygen atoms in total. The van der Waals surface area contributed by atoms with Crippen molar-refractivity contribution in [3.05, 3.63) is 30.3 Å². The largest absolute Gasteiger partial charge is 0.297 e. The number of carbonyl (C=O) groups excluding carboxylic acids is 1. The first-order valence-corrected chi connectivity index (χ1v) is 7.86. The lowest BCUT2D eigenvalue weighted by atomic mass is 10.2. The van der Waals surface area contributed by atoms with Crippen LogP contribution in [-0.4, -0.2) is 18.4 Å². The quantitative estimate of drug-likeness (QED) is 0.620. The summed E-state index contributed by atoms with van der Waals surface area (Å²) >= 11 is 6.22. The van der Waals surface area contributed by atoms with E-state index >= 15 is 0 Å². The minimum Gasteiger partial charge on any atom is -0.297 e. The first kappa shape index (κ1) is 13.6. The Labute approximate surface area is 112 Å². The Morgan fingerprint density at radius 1 is 1.06 bits per heavy atom. The summed E-state index contributed by atoms with van der Waals surface area (Å²) in [6.07, 6.45) is 2.68. The number of hydrogen-bond donors (Lipinski definition) is 0. The van der Waals surface area contributed by atoms with Crippen LogP contribution in [0.1, 0.15) is 32.1 Å². The van der Waals surface area contributed by atoms with E-state index < -0.39 is 14.0 Å². The minimum absolute atomic E-state index is 0.121. The highest BCUT2D eigenvalue weighted by atomic mass is 35.5. The molecule has 1 aromatic carbocycles. The Bertz CT molecular complexity index is 539. The van der Waals surface area contributed by atoms with Crippen LogP contribution in [-0.2, 0) is 14.6 Å². The van der Waals surface area contributed by atoms with Gasteiger partial charge in [0.15, 0.2) is 5.78 Å². The molecule has 0 radical (unpaired) electrons. The maximum Gasteiger partial charge on any atom is 0.207 e. The lowest BCUT2D eigenvalue weighted by Crippen LogP contribution is -2.40. The highest BCUT2D eigenvalue weighted by Crippen LogP contribution is 2.38. The fraction of sp³-hybridized carbons (Fsp3) is 0.462. The first-order valence-electron chi connectivity index (χ1n) is 6.00. The molecule has 1 fully saturated rings. The molecule has 0 saturated heterocycles. The summed E-state index contributed by atoms with van der Waals surface area (Å²) in [5.74, 6) is -0.370. The molecule has 0 amide bonds. The van der Waals surface area contributed by atoms with Crippen molar-refractivity contribution in [3.63, 3.8) is 0 Å². The van der Waals surface area contributed by atoms with Crippen LogP contribution in [0.3, 0.4) is 0 Å². The summed E-state index contributed by atoms with van der Waals surface area (Å²) in [6.45, 7) is 0.